The largest absolute Gasteiger partial charge is 0.497 e. The zero-order chi connectivity index (χ0) is 21.4. The first-order chi connectivity index (χ1) is 13.7. The van der Waals surface area contributed by atoms with Crippen molar-refractivity contribution >= 4 is 5.91 Å². The fraction of sp³-hybridized carbons (Fsp3) is 0.381. The molecule has 0 atom stereocenters. The molecule has 0 spiro atoms. The number of nitrogens with zero attached hydrogens (tertiary/aromatic N) is 1. The molecule has 0 saturated heterocycles. The first-order valence-electron chi connectivity index (χ1n) is 9.13. The third-order valence-electron chi connectivity index (χ3n) is 4.43. The lowest BCUT2D eigenvalue weighted by Gasteiger charge is -2.17. The number of aryl methyl sites for hydroxylation is 1. The van der Waals surface area contributed by atoms with Gasteiger partial charge in [0.15, 0.2) is 0 Å². The van der Waals surface area contributed by atoms with E-state index < -0.39 is 23.5 Å². The predicted molar refractivity (Wildman–Crippen MR) is 102 cm³/mol. The Kier molecular flexibility index (Phi) is 8.01. The molecule has 2 rings (SSSR count). The molecule has 0 unspecified atom stereocenters. The second-order valence-electron chi connectivity index (χ2n) is 6.77. The molecule has 0 aromatic heterocycles. The van der Waals surface area contributed by atoms with Gasteiger partial charge in [0.2, 0.25) is 5.91 Å². The van der Waals surface area contributed by atoms with Crippen LogP contribution in [0, 0.1) is 5.82 Å². The van der Waals surface area contributed by atoms with Crippen molar-refractivity contribution in [1.82, 2.24) is 10.2 Å². The average Bonchev–Trinajstić information content (AvgIpc) is 2.66. The SMILES string of the molecule is COc1ccc(CCCN(C)CC(=O)NCc2ccc(F)cc2C(F)(F)F)cc1. The number of hydrogen-bond acceptors (Lipinski definition) is 3. The molecule has 0 aliphatic carbocycles. The highest BCUT2D eigenvalue weighted by molar-refractivity contribution is 5.78. The quantitative estimate of drug-likeness (QED) is 0.633. The van der Waals surface area contributed by atoms with Gasteiger partial charge in [0.25, 0.3) is 0 Å². The maximum absolute atomic E-state index is 13.1. The van der Waals surface area contributed by atoms with E-state index in [1.807, 2.05) is 24.3 Å². The van der Waals surface area contributed by atoms with E-state index in [4.69, 9.17) is 4.74 Å². The molecule has 1 N–H and O–H groups in total. The molecule has 0 saturated carbocycles. The van der Waals surface area contributed by atoms with Crippen molar-refractivity contribution in [2.24, 2.45) is 0 Å². The Labute approximate surface area is 167 Å². The van der Waals surface area contributed by atoms with Crippen LogP contribution in [0.15, 0.2) is 42.5 Å². The van der Waals surface area contributed by atoms with Crippen LogP contribution in [0.3, 0.4) is 0 Å². The van der Waals surface area contributed by atoms with Crippen molar-refractivity contribution < 1.29 is 27.1 Å². The van der Waals surface area contributed by atoms with Crippen LogP contribution in [-0.2, 0) is 23.9 Å². The maximum Gasteiger partial charge on any atom is 0.416 e. The Balaban J connectivity index is 1.77. The van der Waals surface area contributed by atoms with Gasteiger partial charge in [-0.1, -0.05) is 18.2 Å². The molecule has 0 fully saturated rings. The molecule has 2 aromatic rings. The minimum absolute atomic E-state index is 0.0607. The molecular weight excluding hydrogens is 388 g/mol. The van der Waals surface area contributed by atoms with Crippen LogP contribution in [0.5, 0.6) is 5.75 Å². The lowest BCUT2D eigenvalue weighted by Crippen LogP contribution is -2.35. The lowest BCUT2D eigenvalue weighted by molar-refractivity contribution is -0.138. The van der Waals surface area contributed by atoms with Gasteiger partial charge in [-0.15, -0.1) is 0 Å². The Bertz CT molecular complexity index is 807. The summed E-state index contributed by atoms with van der Waals surface area (Å²) < 4.78 is 57.2. The van der Waals surface area contributed by atoms with Gasteiger partial charge in [-0.25, -0.2) is 4.39 Å². The third-order valence-corrected chi connectivity index (χ3v) is 4.43. The fourth-order valence-electron chi connectivity index (χ4n) is 2.89. The van der Waals surface area contributed by atoms with Crippen molar-refractivity contribution in [2.75, 3.05) is 27.2 Å². The van der Waals surface area contributed by atoms with Crippen LogP contribution in [-0.4, -0.2) is 38.1 Å². The molecule has 0 aliphatic rings. The summed E-state index contributed by atoms with van der Waals surface area (Å²) in [4.78, 5) is 13.8. The van der Waals surface area contributed by atoms with E-state index in [0.717, 1.165) is 36.3 Å². The van der Waals surface area contributed by atoms with Crippen molar-refractivity contribution in [3.63, 3.8) is 0 Å². The first-order valence-corrected chi connectivity index (χ1v) is 9.13. The van der Waals surface area contributed by atoms with Crippen LogP contribution < -0.4 is 10.1 Å². The minimum atomic E-state index is -4.68. The van der Waals surface area contributed by atoms with Crippen LogP contribution in [0.1, 0.15) is 23.1 Å². The predicted octanol–water partition coefficient (Wildman–Crippen LogP) is 4.03. The summed E-state index contributed by atoms with van der Waals surface area (Å²) in [6.07, 6.45) is -3.02. The van der Waals surface area contributed by atoms with E-state index in [1.165, 1.54) is 0 Å². The Morgan fingerprint density at radius 1 is 1.14 bits per heavy atom. The second kappa shape index (κ2) is 10.2. The standard InChI is InChI=1S/C21H24F4N2O2/c1-27(11-3-4-15-5-9-18(29-2)10-6-15)14-20(28)26-13-16-7-8-17(22)12-19(16)21(23,24)25/h5-10,12H,3-4,11,13-14H2,1-2H3,(H,26,28). The average molecular weight is 412 g/mol. The van der Waals surface area contributed by atoms with Gasteiger partial charge in [0.05, 0.1) is 19.2 Å². The third kappa shape index (κ3) is 7.38. The van der Waals surface area contributed by atoms with Gasteiger partial charge in [-0.2, -0.15) is 13.2 Å². The molecule has 2 aromatic carbocycles. The summed E-state index contributed by atoms with van der Waals surface area (Å²) in [5.74, 6) is -0.573. The Hall–Kier alpha value is -2.61. The highest BCUT2D eigenvalue weighted by Crippen LogP contribution is 2.32. The zero-order valence-corrected chi connectivity index (χ0v) is 16.4. The molecule has 158 valence electrons. The Morgan fingerprint density at radius 3 is 2.45 bits per heavy atom. The van der Waals surface area contributed by atoms with Gasteiger partial charge < -0.3 is 10.1 Å². The maximum atomic E-state index is 13.1. The van der Waals surface area contributed by atoms with Crippen molar-refractivity contribution in [2.45, 2.75) is 25.6 Å². The molecule has 1 amide bonds. The highest BCUT2D eigenvalue weighted by atomic mass is 19.4. The number of ether oxygens (including phenoxy) is 1. The van der Waals surface area contributed by atoms with Crippen LogP contribution >= 0.6 is 0 Å². The summed E-state index contributed by atoms with van der Waals surface area (Å²) in [5.41, 5.74) is -0.0975. The minimum Gasteiger partial charge on any atom is -0.497 e. The molecule has 0 bridgehead atoms. The molecule has 8 heteroatoms. The zero-order valence-electron chi connectivity index (χ0n) is 16.4. The Morgan fingerprint density at radius 2 is 1.83 bits per heavy atom. The second-order valence-corrected chi connectivity index (χ2v) is 6.77. The van der Waals surface area contributed by atoms with E-state index in [0.29, 0.717) is 12.6 Å². The molecule has 0 aliphatic heterocycles. The topological polar surface area (TPSA) is 41.6 Å². The lowest BCUT2D eigenvalue weighted by atomic mass is 10.1. The molecular formula is C21H24F4N2O2. The van der Waals surface area contributed by atoms with Crippen molar-refractivity contribution in [3.05, 3.63) is 65.0 Å². The number of carbonyl (C=O) groups is 1. The normalized spacial score (nSPS) is 11.6. The first kappa shape index (κ1) is 22.7. The monoisotopic (exact) mass is 412 g/mol. The fourth-order valence-corrected chi connectivity index (χ4v) is 2.89. The van der Waals surface area contributed by atoms with Crippen LogP contribution in [0.25, 0.3) is 0 Å². The summed E-state index contributed by atoms with van der Waals surface area (Å²) in [7, 11) is 3.38. The molecule has 29 heavy (non-hydrogen) atoms. The summed E-state index contributed by atoms with van der Waals surface area (Å²) in [5, 5.41) is 2.47. The number of alkyl halides is 3. The number of rotatable bonds is 9. The summed E-state index contributed by atoms with van der Waals surface area (Å²) >= 11 is 0. The van der Waals surface area contributed by atoms with Gasteiger partial charge >= 0.3 is 6.18 Å². The number of hydrogen-bond donors (Lipinski definition) is 1. The van der Waals surface area contributed by atoms with E-state index in [9.17, 15) is 22.4 Å². The van der Waals surface area contributed by atoms with Crippen LogP contribution in [0.4, 0.5) is 17.6 Å². The van der Waals surface area contributed by atoms with Gasteiger partial charge in [0, 0.05) is 6.54 Å². The van der Waals surface area contributed by atoms with Gasteiger partial charge in [-0.3, -0.25) is 9.69 Å². The number of carbonyl (C=O) groups excluding carboxylic acids is 1. The number of benzene rings is 2. The van der Waals surface area contributed by atoms with Crippen LogP contribution in [0.2, 0.25) is 0 Å². The van der Waals surface area contributed by atoms with E-state index in [-0.39, 0.29) is 18.7 Å². The number of nitrogens with one attached hydrogen (secondary N) is 1. The molecule has 0 radical (unpaired) electrons. The number of methoxy groups -OCH3 is 1. The molecule has 0 heterocycles. The summed E-state index contributed by atoms with van der Waals surface area (Å²) in [6, 6.07) is 10.2. The van der Waals surface area contributed by atoms with Gasteiger partial charge in [-0.05, 0) is 61.8 Å². The van der Waals surface area contributed by atoms with E-state index in [1.54, 1.807) is 19.1 Å². The summed E-state index contributed by atoms with van der Waals surface area (Å²) in [6.45, 7) is 0.405. The highest BCUT2D eigenvalue weighted by Gasteiger charge is 2.33. The number of halogens is 4. The van der Waals surface area contributed by atoms with Gasteiger partial charge in [0.1, 0.15) is 11.6 Å². The van der Waals surface area contributed by atoms with Crippen molar-refractivity contribution in [3.8, 4) is 5.75 Å². The van der Waals surface area contributed by atoms with Crippen molar-refractivity contribution in [1.29, 1.82) is 0 Å². The smallest absolute Gasteiger partial charge is 0.416 e. The number of likely N-dealkylation sites (N-methyl/N-ethyl adjacent to an activating group) is 1. The van der Waals surface area contributed by atoms with E-state index in [2.05, 4.69) is 5.32 Å². The molecule has 4 nitrogen and oxygen atoms in total. The van der Waals surface area contributed by atoms with E-state index >= 15 is 0 Å². The number of amides is 1.